The summed E-state index contributed by atoms with van der Waals surface area (Å²) < 4.78 is 44.6. The van der Waals surface area contributed by atoms with Gasteiger partial charge >= 0.3 is 6.03 Å². The van der Waals surface area contributed by atoms with Gasteiger partial charge in [-0.1, -0.05) is 0 Å². The number of ether oxygens (including phenoxy) is 1. The van der Waals surface area contributed by atoms with Gasteiger partial charge in [-0.25, -0.2) is 18.0 Å². The van der Waals surface area contributed by atoms with E-state index in [1.165, 1.54) is 0 Å². The van der Waals surface area contributed by atoms with Crippen LogP contribution in [0.2, 0.25) is 0 Å². The third-order valence-corrected chi connectivity index (χ3v) is 4.16. The molecule has 0 radical (unpaired) electrons. The molecule has 0 aliphatic carbocycles. The molecule has 1 aromatic rings. The van der Waals surface area contributed by atoms with Crippen molar-refractivity contribution in [3.8, 4) is 0 Å². The number of rotatable bonds is 1. The van der Waals surface area contributed by atoms with Crippen LogP contribution in [0, 0.1) is 17.5 Å². The van der Waals surface area contributed by atoms with Gasteiger partial charge in [-0.05, 0) is 19.3 Å². The van der Waals surface area contributed by atoms with Crippen molar-refractivity contribution in [1.82, 2.24) is 4.90 Å². The standard InChI is InChI=1S/C14H15F3N2O2/c15-10-7-9(8-11(16)12(10)17)18-13(20)19-4-1-14(2-5-19)3-6-21-14/h7-8H,1-6H2,(H,18,20). The summed E-state index contributed by atoms with van der Waals surface area (Å²) in [7, 11) is 0. The molecule has 2 amide bonds. The van der Waals surface area contributed by atoms with Crippen molar-refractivity contribution in [2.75, 3.05) is 25.0 Å². The van der Waals surface area contributed by atoms with Crippen molar-refractivity contribution >= 4 is 11.7 Å². The number of hydrogen-bond donors (Lipinski definition) is 1. The van der Waals surface area contributed by atoms with Gasteiger partial charge in [0.25, 0.3) is 0 Å². The van der Waals surface area contributed by atoms with Crippen LogP contribution in [-0.2, 0) is 4.74 Å². The Bertz CT molecular complexity index is 542. The van der Waals surface area contributed by atoms with E-state index in [0.29, 0.717) is 13.1 Å². The minimum absolute atomic E-state index is 0.0785. The van der Waals surface area contributed by atoms with Crippen molar-refractivity contribution in [1.29, 1.82) is 0 Å². The van der Waals surface area contributed by atoms with E-state index in [1.54, 1.807) is 4.90 Å². The third kappa shape index (κ3) is 2.70. The Kier molecular flexibility index (Phi) is 3.52. The van der Waals surface area contributed by atoms with E-state index in [4.69, 9.17) is 4.74 Å². The monoisotopic (exact) mass is 300 g/mol. The van der Waals surface area contributed by atoms with Gasteiger partial charge in [0.1, 0.15) is 0 Å². The van der Waals surface area contributed by atoms with E-state index < -0.39 is 23.5 Å². The number of carbonyl (C=O) groups is 1. The fourth-order valence-electron chi connectivity index (χ4n) is 2.73. The molecule has 1 spiro atoms. The zero-order valence-electron chi connectivity index (χ0n) is 11.3. The summed E-state index contributed by atoms with van der Waals surface area (Å²) in [5, 5.41) is 2.38. The first-order valence-electron chi connectivity index (χ1n) is 6.84. The number of anilines is 1. The molecule has 0 saturated carbocycles. The highest BCUT2D eigenvalue weighted by molar-refractivity contribution is 5.89. The Morgan fingerprint density at radius 2 is 1.71 bits per heavy atom. The zero-order chi connectivity index (χ0) is 15.0. The number of nitrogens with one attached hydrogen (secondary N) is 1. The number of urea groups is 1. The van der Waals surface area contributed by atoms with E-state index in [2.05, 4.69) is 5.32 Å². The fourth-order valence-corrected chi connectivity index (χ4v) is 2.73. The number of nitrogens with zero attached hydrogens (tertiary/aromatic N) is 1. The van der Waals surface area contributed by atoms with E-state index in [0.717, 1.165) is 38.0 Å². The molecule has 4 nitrogen and oxygen atoms in total. The summed E-state index contributed by atoms with van der Waals surface area (Å²) >= 11 is 0. The first-order valence-corrected chi connectivity index (χ1v) is 6.84. The van der Waals surface area contributed by atoms with Crippen molar-refractivity contribution in [3.05, 3.63) is 29.6 Å². The van der Waals surface area contributed by atoms with Crippen LogP contribution in [0.25, 0.3) is 0 Å². The van der Waals surface area contributed by atoms with Crippen molar-refractivity contribution in [2.24, 2.45) is 0 Å². The van der Waals surface area contributed by atoms with Crippen molar-refractivity contribution in [2.45, 2.75) is 24.9 Å². The van der Waals surface area contributed by atoms with Crippen LogP contribution in [0.5, 0.6) is 0 Å². The minimum atomic E-state index is -1.55. The van der Waals surface area contributed by atoms with E-state index in [-0.39, 0.29) is 11.3 Å². The van der Waals surface area contributed by atoms with Crippen LogP contribution >= 0.6 is 0 Å². The van der Waals surface area contributed by atoms with Crippen LogP contribution < -0.4 is 5.32 Å². The molecule has 2 saturated heterocycles. The quantitative estimate of drug-likeness (QED) is 0.810. The maximum atomic E-state index is 13.1. The van der Waals surface area contributed by atoms with Gasteiger partial charge in [-0.2, -0.15) is 0 Å². The number of carbonyl (C=O) groups excluding carboxylic acids is 1. The summed E-state index contributed by atoms with van der Waals surface area (Å²) in [5.74, 6) is -4.20. The highest BCUT2D eigenvalue weighted by atomic mass is 19.2. The Balaban J connectivity index is 1.62. The second-order valence-corrected chi connectivity index (χ2v) is 5.45. The van der Waals surface area contributed by atoms with E-state index in [9.17, 15) is 18.0 Å². The Hall–Kier alpha value is -1.76. The van der Waals surface area contributed by atoms with Gasteiger partial charge in [-0.3, -0.25) is 0 Å². The van der Waals surface area contributed by atoms with Crippen LogP contribution in [-0.4, -0.2) is 36.2 Å². The van der Waals surface area contributed by atoms with E-state index >= 15 is 0 Å². The summed E-state index contributed by atoms with van der Waals surface area (Å²) in [6.07, 6.45) is 2.52. The molecule has 0 atom stereocenters. The number of benzene rings is 1. The van der Waals surface area contributed by atoms with Gasteiger partial charge in [0.05, 0.1) is 12.2 Å². The van der Waals surface area contributed by atoms with Crippen molar-refractivity contribution < 1.29 is 22.7 Å². The molecule has 0 bridgehead atoms. The molecule has 7 heteroatoms. The van der Waals surface area contributed by atoms with Crippen LogP contribution in [0.3, 0.4) is 0 Å². The van der Waals surface area contributed by atoms with Crippen LogP contribution in [0.15, 0.2) is 12.1 Å². The van der Waals surface area contributed by atoms with Gasteiger partial charge in [0.15, 0.2) is 17.5 Å². The first kappa shape index (κ1) is 14.2. The summed E-state index contributed by atoms with van der Waals surface area (Å²) in [6.45, 7) is 1.82. The predicted octanol–water partition coefficient (Wildman–Crippen LogP) is 2.89. The highest BCUT2D eigenvalue weighted by Crippen LogP contribution is 2.36. The average Bonchev–Trinajstić information content (AvgIpc) is 2.43. The second-order valence-electron chi connectivity index (χ2n) is 5.45. The van der Waals surface area contributed by atoms with Gasteiger partial charge in [-0.15, -0.1) is 0 Å². The zero-order valence-corrected chi connectivity index (χ0v) is 11.3. The maximum Gasteiger partial charge on any atom is 0.321 e. The Morgan fingerprint density at radius 3 is 2.19 bits per heavy atom. The number of amides is 2. The van der Waals surface area contributed by atoms with E-state index in [1.807, 2.05) is 0 Å². The topological polar surface area (TPSA) is 41.6 Å². The molecule has 1 N–H and O–H groups in total. The molecular formula is C14H15F3N2O2. The van der Waals surface area contributed by atoms with Gasteiger partial charge < -0.3 is 15.0 Å². The van der Waals surface area contributed by atoms with Gasteiger partial charge in [0.2, 0.25) is 0 Å². The summed E-state index contributed by atoms with van der Waals surface area (Å²) in [5.41, 5.74) is -0.179. The normalized spacial score (nSPS) is 20.2. The SMILES string of the molecule is O=C(Nc1cc(F)c(F)c(F)c1)N1CCC2(CCO2)CC1. The van der Waals surface area contributed by atoms with Gasteiger partial charge in [0, 0.05) is 30.9 Å². The number of likely N-dealkylation sites (tertiary alicyclic amines) is 1. The first-order chi connectivity index (χ1) is 9.99. The molecule has 2 aliphatic rings. The summed E-state index contributed by atoms with van der Waals surface area (Å²) in [6, 6.07) is 1.07. The van der Waals surface area contributed by atoms with Crippen LogP contribution in [0.4, 0.5) is 23.7 Å². The predicted molar refractivity (Wildman–Crippen MR) is 69.4 cm³/mol. The molecule has 114 valence electrons. The molecular weight excluding hydrogens is 285 g/mol. The lowest BCUT2D eigenvalue weighted by molar-refractivity contribution is -0.168. The van der Waals surface area contributed by atoms with Crippen molar-refractivity contribution in [3.63, 3.8) is 0 Å². The third-order valence-electron chi connectivity index (χ3n) is 4.16. The van der Waals surface area contributed by atoms with Crippen LogP contribution in [0.1, 0.15) is 19.3 Å². The lowest BCUT2D eigenvalue weighted by Gasteiger charge is -2.47. The average molecular weight is 300 g/mol. The minimum Gasteiger partial charge on any atom is -0.375 e. The molecule has 2 fully saturated rings. The number of piperidine rings is 1. The second kappa shape index (κ2) is 5.22. The number of halogens is 3. The highest BCUT2D eigenvalue weighted by Gasteiger charge is 2.41. The lowest BCUT2D eigenvalue weighted by Crippen LogP contribution is -2.54. The Labute approximate surface area is 119 Å². The summed E-state index contributed by atoms with van der Waals surface area (Å²) in [4.78, 5) is 13.6. The molecule has 1 aromatic carbocycles. The molecule has 3 rings (SSSR count). The molecule has 21 heavy (non-hydrogen) atoms. The molecule has 0 aromatic heterocycles. The number of hydrogen-bond acceptors (Lipinski definition) is 2. The smallest absolute Gasteiger partial charge is 0.321 e. The molecule has 0 unspecified atom stereocenters. The molecule has 2 heterocycles. The Morgan fingerprint density at radius 1 is 1.14 bits per heavy atom. The maximum absolute atomic E-state index is 13.1. The lowest BCUT2D eigenvalue weighted by atomic mass is 9.84. The fraction of sp³-hybridized carbons (Fsp3) is 0.500. The molecule has 2 aliphatic heterocycles. The largest absolute Gasteiger partial charge is 0.375 e.